The fourth-order valence-corrected chi connectivity index (χ4v) is 3.96. The van der Waals surface area contributed by atoms with Crippen LogP contribution in [0.5, 0.6) is 23.0 Å². The number of rotatable bonds is 4. The maximum absolute atomic E-state index is 6.34. The lowest BCUT2D eigenvalue weighted by molar-refractivity contribution is 0.173. The number of ether oxygens (including phenoxy) is 4. The zero-order valence-electron chi connectivity index (χ0n) is 14.0. The average Bonchev–Trinajstić information content (AvgIpc) is 3.34. The van der Waals surface area contributed by atoms with E-state index in [0.717, 1.165) is 28.3 Å². The Balaban J connectivity index is 1.36. The number of aromatic nitrogens is 2. The van der Waals surface area contributed by atoms with Crippen molar-refractivity contribution in [3.05, 3.63) is 53.2 Å². The molecule has 0 spiro atoms. The molecule has 136 valence electrons. The molecule has 0 bridgehead atoms. The van der Waals surface area contributed by atoms with Crippen LogP contribution in [0.4, 0.5) is 0 Å². The molecule has 8 heteroatoms. The van der Waals surface area contributed by atoms with Crippen molar-refractivity contribution in [2.45, 2.75) is 10.9 Å². The van der Waals surface area contributed by atoms with Crippen LogP contribution in [0.25, 0.3) is 11.3 Å². The Labute approximate surface area is 164 Å². The highest BCUT2D eigenvalue weighted by atomic mass is 35.5. The Kier molecular flexibility index (Phi) is 4.18. The second-order valence-electron chi connectivity index (χ2n) is 5.88. The number of halogens is 1. The van der Waals surface area contributed by atoms with E-state index < -0.39 is 0 Å². The van der Waals surface area contributed by atoms with Gasteiger partial charge in [0.1, 0.15) is 0 Å². The summed E-state index contributed by atoms with van der Waals surface area (Å²) in [6, 6.07) is 11.3. The highest BCUT2D eigenvalue weighted by Gasteiger charge is 2.17. The summed E-state index contributed by atoms with van der Waals surface area (Å²) < 4.78 is 21.5. The lowest BCUT2D eigenvalue weighted by Gasteiger charge is -2.07. The first kappa shape index (κ1) is 16.5. The van der Waals surface area contributed by atoms with Crippen LogP contribution in [0.1, 0.15) is 5.56 Å². The predicted molar refractivity (Wildman–Crippen MR) is 101 cm³/mol. The van der Waals surface area contributed by atoms with E-state index in [-0.39, 0.29) is 13.6 Å². The maximum Gasteiger partial charge on any atom is 0.231 e. The highest BCUT2D eigenvalue weighted by Crippen LogP contribution is 2.39. The van der Waals surface area contributed by atoms with Crippen molar-refractivity contribution >= 4 is 23.4 Å². The van der Waals surface area contributed by atoms with Crippen LogP contribution < -0.4 is 18.9 Å². The summed E-state index contributed by atoms with van der Waals surface area (Å²) in [7, 11) is 0. The Morgan fingerprint density at radius 3 is 2.48 bits per heavy atom. The molecule has 1 aromatic heterocycles. The molecule has 5 rings (SSSR count). The van der Waals surface area contributed by atoms with Gasteiger partial charge < -0.3 is 18.9 Å². The lowest BCUT2D eigenvalue weighted by Crippen LogP contribution is -1.93. The molecule has 2 aromatic carbocycles. The van der Waals surface area contributed by atoms with Crippen molar-refractivity contribution in [1.82, 2.24) is 9.97 Å². The highest BCUT2D eigenvalue weighted by molar-refractivity contribution is 7.98. The van der Waals surface area contributed by atoms with Crippen molar-refractivity contribution in [2.75, 3.05) is 13.6 Å². The standard InChI is InChI=1S/C19H13ClN2O4S/c20-13-7-18-17(25-10-26-18)6-12(13)8-27-19-21-4-3-14(22-19)11-1-2-15-16(5-11)24-9-23-15/h1-7H,8-10H2. The summed E-state index contributed by atoms with van der Waals surface area (Å²) >= 11 is 7.85. The van der Waals surface area contributed by atoms with Crippen molar-refractivity contribution in [3.8, 4) is 34.3 Å². The normalized spacial score (nSPS) is 13.8. The van der Waals surface area contributed by atoms with Gasteiger partial charge in [-0.05, 0) is 35.9 Å². The van der Waals surface area contributed by atoms with E-state index in [1.807, 2.05) is 30.3 Å². The molecular weight excluding hydrogens is 388 g/mol. The van der Waals surface area contributed by atoms with Gasteiger partial charge in [0.25, 0.3) is 0 Å². The minimum Gasteiger partial charge on any atom is -0.454 e. The summed E-state index contributed by atoms with van der Waals surface area (Å²) in [5.41, 5.74) is 2.72. The molecular formula is C19H13ClN2O4S. The van der Waals surface area contributed by atoms with Gasteiger partial charge in [-0.3, -0.25) is 0 Å². The molecule has 3 aromatic rings. The van der Waals surface area contributed by atoms with E-state index in [1.165, 1.54) is 11.8 Å². The van der Waals surface area contributed by atoms with E-state index in [4.69, 9.17) is 30.5 Å². The van der Waals surface area contributed by atoms with Gasteiger partial charge >= 0.3 is 0 Å². The number of hydrogen-bond donors (Lipinski definition) is 0. The summed E-state index contributed by atoms with van der Waals surface area (Å²) in [6.07, 6.45) is 1.75. The van der Waals surface area contributed by atoms with Crippen LogP contribution in [-0.2, 0) is 5.75 Å². The van der Waals surface area contributed by atoms with Gasteiger partial charge in [-0.25, -0.2) is 9.97 Å². The van der Waals surface area contributed by atoms with Gasteiger partial charge in [0.05, 0.1) is 5.69 Å². The molecule has 3 heterocycles. The SMILES string of the molecule is Clc1cc2c(cc1CSc1nccc(-c3ccc4c(c3)OCO4)n1)OCO2. The van der Waals surface area contributed by atoms with Gasteiger partial charge in [-0.2, -0.15) is 0 Å². The van der Waals surface area contributed by atoms with Crippen molar-refractivity contribution in [3.63, 3.8) is 0 Å². The van der Waals surface area contributed by atoms with Crippen molar-refractivity contribution in [2.24, 2.45) is 0 Å². The van der Waals surface area contributed by atoms with Crippen molar-refractivity contribution < 1.29 is 18.9 Å². The van der Waals surface area contributed by atoms with E-state index >= 15 is 0 Å². The van der Waals surface area contributed by atoms with E-state index in [9.17, 15) is 0 Å². The van der Waals surface area contributed by atoms with Crippen molar-refractivity contribution in [1.29, 1.82) is 0 Å². The maximum atomic E-state index is 6.34. The summed E-state index contributed by atoms with van der Waals surface area (Å²) in [4.78, 5) is 8.99. The molecule has 0 saturated heterocycles. The molecule has 0 unspecified atom stereocenters. The van der Waals surface area contributed by atoms with Crippen LogP contribution in [-0.4, -0.2) is 23.6 Å². The molecule has 0 radical (unpaired) electrons. The zero-order chi connectivity index (χ0) is 18.2. The molecule has 0 N–H and O–H groups in total. The first-order valence-corrected chi connectivity index (χ1v) is 9.56. The van der Waals surface area contributed by atoms with Crippen LogP contribution >= 0.6 is 23.4 Å². The smallest absolute Gasteiger partial charge is 0.231 e. The number of nitrogens with zero attached hydrogens (tertiary/aromatic N) is 2. The Morgan fingerprint density at radius 1 is 0.889 bits per heavy atom. The van der Waals surface area contributed by atoms with Crippen LogP contribution in [0.15, 0.2) is 47.8 Å². The predicted octanol–water partition coefficient (Wildman–Crippen LogP) is 4.55. The molecule has 0 amide bonds. The monoisotopic (exact) mass is 400 g/mol. The number of hydrogen-bond acceptors (Lipinski definition) is 7. The second kappa shape index (κ2) is 6.83. The van der Waals surface area contributed by atoms with E-state index in [0.29, 0.717) is 27.4 Å². The molecule has 0 fully saturated rings. The van der Waals surface area contributed by atoms with Gasteiger partial charge in [-0.1, -0.05) is 23.4 Å². The minimum absolute atomic E-state index is 0.225. The number of fused-ring (bicyclic) bond motifs is 2. The summed E-state index contributed by atoms with van der Waals surface area (Å²) in [5.74, 6) is 3.49. The Morgan fingerprint density at radius 2 is 1.63 bits per heavy atom. The molecule has 0 aliphatic carbocycles. The molecule has 6 nitrogen and oxygen atoms in total. The third-order valence-electron chi connectivity index (χ3n) is 4.20. The summed E-state index contributed by atoms with van der Waals surface area (Å²) in [6.45, 7) is 0.475. The van der Waals surface area contributed by atoms with Gasteiger partial charge in [-0.15, -0.1) is 0 Å². The van der Waals surface area contributed by atoms with Crippen LogP contribution in [0.2, 0.25) is 5.02 Å². The third-order valence-corrected chi connectivity index (χ3v) is 5.46. The zero-order valence-corrected chi connectivity index (χ0v) is 15.5. The minimum atomic E-state index is 0.225. The van der Waals surface area contributed by atoms with E-state index in [1.54, 1.807) is 12.3 Å². The molecule has 27 heavy (non-hydrogen) atoms. The Bertz CT molecular complexity index is 1030. The second-order valence-corrected chi connectivity index (χ2v) is 7.23. The number of thioether (sulfide) groups is 1. The largest absolute Gasteiger partial charge is 0.454 e. The fraction of sp³-hybridized carbons (Fsp3) is 0.158. The first-order valence-electron chi connectivity index (χ1n) is 8.20. The van der Waals surface area contributed by atoms with E-state index in [2.05, 4.69) is 9.97 Å². The third kappa shape index (κ3) is 3.24. The lowest BCUT2D eigenvalue weighted by atomic mass is 10.1. The Hall–Kier alpha value is -2.64. The molecule has 0 saturated carbocycles. The number of benzene rings is 2. The fourth-order valence-electron chi connectivity index (χ4n) is 2.84. The van der Waals surface area contributed by atoms with Crippen LogP contribution in [0, 0.1) is 0 Å². The van der Waals surface area contributed by atoms with Crippen LogP contribution in [0.3, 0.4) is 0 Å². The van der Waals surface area contributed by atoms with Gasteiger partial charge in [0.15, 0.2) is 28.2 Å². The topological polar surface area (TPSA) is 62.7 Å². The average molecular weight is 401 g/mol. The molecule has 2 aliphatic heterocycles. The van der Waals surface area contributed by atoms with Gasteiger partial charge in [0.2, 0.25) is 13.6 Å². The first-order chi connectivity index (χ1) is 13.3. The molecule has 2 aliphatic rings. The molecule has 0 atom stereocenters. The summed E-state index contributed by atoms with van der Waals surface area (Å²) in [5, 5.41) is 1.30. The quantitative estimate of drug-likeness (QED) is 0.470. The van der Waals surface area contributed by atoms with Gasteiger partial charge in [0, 0.05) is 28.6 Å².